The maximum Gasteiger partial charge on any atom is 0.101 e. The van der Waals surface area contributed by atoms with Gasteiger partial charge in [0.25, 0.3) is 0 Å². The standard InChI is InChI=1S/C14H17BrN2/c1-9(2)11-5-13(6-11)17-14-7-12(15)4-3-10(14)8-16/h3-4,7,9,11,13,17H,5-6H2,1-2H3. The lowest BCUT2D eigenvalue weighted by atomic mass is 9.73. The number of rotatable bonds is 3. The summed E-state index contributed by atoms with van der Waals surface area (Å²) in [5.74, 6) is 1.61. The van der Waals surface area contributed by atoms with Gasteiger partial charge in [-0.2, -0.15) is 5.26 Å². The van der Waals surface area contributed by atoms with Crippen LogP contribution < -0.4 is 5.32 Å². The van der Waals surface area contributed by atoms with Crippen LogP contribution in [0.15, 0.2) is 22.7 Å². The van der Waals surface area contributed by atoms with Crippen molar-refractivity contribution < 1.29 is 0 Å². The molecular weight excluding hydrogens is 276 g/mol. The van der Waals surface area contributed by atoms with E-state index in [2.05, 4.69) is 41.2 Å². The van der Waals surface area contributed by atoms with Crippen molar-refractivity contribution in [1.29, 1.82) is 5.26 Å². The Labute approximate surface area is 111 Å². The molecule has 2 rings (SSSR count). The maximum absolute atomic E-state index is 9.05. The van der Waals surface area contributed by atoms with Crippen LogP contribution in [0.2, 0.25) is 0 Å². The fraction of sp³-hybridized carbons (Fsp3) is 0.500. The van der Waals surface area contributed by atoms with Gasteiger partial charge in [-0.3, -0.25) is 0 Å². The summed E-state index contributed by atoms with van der Waals surface area (Å²) >= 11 is 3.44. The monoisotopic (exact) mass is 292 g/mol. The molecule has 0 spiro atoms. The second-order valence-electron chi connectivity index (χ2n) is 5.12. The first kappa shape index (κ1) is 12.4. The minimum atomic E-state index is 0.531. The molecule has 1 aromatic carbocycles. The fourth-order valence-corrected chi connectivity index (χ4v) is 2.64. The van der Waals surface area contributed by atoms with Crippen molar-refractivity contribution >= 4 is 21.6 Å². The summed E-state index contributed by atoms with van der Waals surface area (Å²) in [7, 11) is 0. The van der Waals surface area contributed by atoms with Gasteiger partial charge in [-0.15, -0.1) is 0 Å². The molecule has 1 aliphatic carbocycles. The summed E-state index contributed by atoms with van der Waals surface area (Å²) in [6.45, 7) is 4.56. The van der Waals surface area contributed by atoms with E-state index in [0.29, 0.717) is 6.04 Å². The lowest BCUT2D eigenvalue weighted by molar-refractivity contribution is 0.212. The van der Waals surface area contributed by atoms with Crippen LogP contribution in [0.5, 0.6) is 0 Å². The number of nitriles is 1. The molecule has 1 aliphatic rings. The van der Waals surface area contributed by atoms with E-state index in [4.69, 9.17) is 5.26 Å². The zero-order valence-corrected chi connectivity index (χ0v) is 11.8. The third-order valence-corrected chi connectivity index (χ3v) is 4.07. The molecule has 0 bridgehead atoms. The number of hydrogen-bond donors (Lipinski definition) is 1. The van der Waals surface area contributed by atoms with Crippen LogP contribution in [0, 0.1) is 23.2 Å². The van der Waals surface area contributed by atoms with E-state index in [1.54, 1.807) is 0 Å². The second kappa shape index (κ2) is 5.10. The van der Waals surface area contributed by atoms with E-state index < -0.39 is 0 Å². The predicted octanol–water partition coefficient (Wildman–Crippen LogP) is 4.17. The van der Waals surface area contributed by atoms with Gasteiger partial charge in [-0.05, 0) is 42.9 Å². The normalized spacial score (nSPS) is 23.0. The molecular formula is C14H17BrN2. The van der Waals surface area contributed by atoms with E-state index in [0.717, 1.165) is 27.6 Å². The molecule has 90 valence electrons. The minimum Gasteiger partial charge on any atom is -0.381 e. The molecule has 17 heavy (non-hydrogen) atoms. The molecule has 0 unspecified atom stereocenters. The quantitative estimate of drug-likeness (QED) is 0.908. The van der Waals surface area contributed by atoms with Gasteiger partial charge >= 0.3 is 0 Å². The molecule has 0 amide bonds. The third-order valence-electron chi connectivity index (χ3n) is 3.58. The Bertz CT molecular complexity index is 442. The number of anilines is 1. The maximum atomic E-state index is 9.05. The Balaban J connectivity index is 2.01. The van der Waals surface area contributed by atoms with Crippen molar-refractivity contribution in [1.82, 2.24) is 0 Å². The molecule has 2 nitrogen and oxygen atoms in total. The summed E-state index contributed by atoms with van der Waals surface area (Å²) in [5.41, 5.74) is 1.68. The van der Waals surface area contributed by atoms with Crippen LogP contribution in [-0.4, -0.2) is 6.04 Å². The molecule has 1 fully saturated rings. The molecule has 0 radical (unpaired) electrons. The molecule has 0 heterocycles. The number of nitrogens with one attached hydrogen (secondary N) is 1. The van der Waals surface area contributed by atoms with Crippen molar-refractivity contribution in [3.05, 3.63) is 28.2 Å². The average molecular weight is 293 g/mol. The topological polar surface area (TPSA) is 35.8 Å². The van der Waals surface area contributed by atoms with Gasteiger partial charge in [0, 0.05) is 10.5 Å². The van der Waals surface area contributed by atoms with Crippen molar-refractivity contribution in [2.45, 2.75) is 32.7 Å². The van der Waals surface area contributed by atoms with Crippen molar-refractivity contribution in [3.63, 3.8) is 0 Å². The van der Waals surface area contributed by atoms with Gasteiger partial charge in [0.05, 0.1) is 11.3 Å². The number of hydrogen-bond acceptors (Lipinski definition) is 2. The SMILES string of the molecule is CC(C)C1CC(Nc2cc(Br)ccc2C#N)C1. The lowest BCUT2D eigenvalue weighted by Crippen LogP contribution is -2.38. The second-order valence-corrected chi connectivity index (χ2v) is 6.03. The summed E-state index contributed by atoms with van der Waals surface area (Å²) in [6.07, 6.45) is 2.43. The van der Waals surface area contributed by atoms with Crippen LogP contribution in [0.3, 0.4) is 0 Å². The van der Waals surface area contributed by atoms with Gasteiger partial charge < -0.3 is 5.32 Å². The Morgan fingerprint density at radius 1 is 1.41 bits per heavy atom. The highest BCUT2D eigenvalue weighted by molar-refractivity contribution is 9.10. The highest BCUT2D eigenvalue weighted by Crippen LogP contribution is 2.36. The van der Waals surface area contributed by atoms with E-state index in [1.807, 2.05) is 18.2 Å². The Kier molecular flexibility index (Phi) is 3.73. The smallest absolute Gasteiger partial charge is 0.101 e. The molecule has 0 aromatic heterocycles. The van der Waals surface area contributed by atoms with Gasteiger partial charge in [0.2, 0.25) is 0 Å². The van der Waals surface area contributed by atoms with Crippen molar-refractivity contribution in [3.8, 4) is 6.07 Å². The van der Waals surface area contributed by atoms with E-state index >= 15 is 0 Å². The molecule has 0 atom stereocenters. The summed E-state index contributed by atoms with van der Waals surface area (Å²) in [5, 5.41) is 12.5. The lowest BCUT2D eigenvalue weighted by Gasteiger charge is -2.39. The van der Waals surface area contributed by atoms with Crippen molar-refractivity contribution in [2.24, 2.45) is 11.8 Å². The van der Waals surface area contributed by atoms with Crippen LogP contribution in [-0.2, 0) is 0 Å². The van der Waals surface area contributed by atoms with E-state index in [-0.39, 0.29) is 0 Å². The predicted molar refractivity (Wildman–Crippen MR) is 73.8 cm³/mol. The zero-order chi connectivity index (χ0) is 12.4. The first-order valence-electron chi connectivity index (χ1n) is 6.06. The first-order valence-corrected chi connectivity index (χ1v) is 6.85. The first-order chi connectivity index (χ1) is 8.10. The Morgan fingerprint density at radius 2 is 2.12 bits per heavy atom. The summed E-state index contributed by atoms with van der Waals surface area (Å²) < 4.78 is 1.01. The number of benzene rings is 1. The zero-order valence-electron chi connectivity index (χ0n) is 10.2. The highest BCUT2D eigenvalue weighted by Gasteiger charge is 2.31. The summed E-state index contributed by atoms with van der Waals surface area (Å²) in [6, 6.07) is 8.50. The number of halogens is 1. The van der Waals surface area contributed by atoms with Crippen molar-refractivity contribution in [2.75, 3.05) is 5.32 Å². The molecule has 3 heteroatoms. The average Bonchev–Trinajstić information content (AvgIpc) is 2.22. The largest absolute Gasteiger partial charge is 0.381 e. The molecule has 1 aromatic rings. The molecule has 1 saturated carbocycles. The Hall–Kier alpha value is -1.01. The van der Waals surface area contributed by atoms with Crippen LogP contribution in [0.4, 0.5) is 5.69 Å². The van der Waals surface area contributed by atoms with Gasteiger partial charge in [0.1, 0.15) is 6.07 Å². The highest BCUT2D eigenvalue weighted by atomic mass is 79.9. The molecule has 0 aliphatic heterocycles. The third kappa shape index (κ3) is 2.81. The number of nitrogens with zero attached hydrogens (tertiary/aromatic N) is 1. The van der Waals surface area contributed by atoms with Crippen LogP contribution in [0.1, 0.15) is 32.3 Å². The van der Waals surface area contributed by atoms with Crippen LogP contribution in [0.25, 0.3) is 0 Å². The fourth-order valence-electron chi connectivity index (χ4n) is 2.28. The summed E-state index contributed by atoms with van der Waals surface area (Å²) in [4.78, 5) is 0. The van der Waals surface area contributed by atoms with Gasteiger partial charge in [0.15, 0.2) is 0 Å². The molecule has 0 saturated heterocycles. The van der Waals surface area contributed by atoms with E-state index in [9.17, 15) is 0 Å². The van der Waals surface area contributed by atoms with Gasteiger partial charge in [-0.25, -0.2) is 0 Å². The van der Waals surface area contributed by atoms with Gasteiger partial charge in [-0.1, -0.05) is 29.8 Å². The van der Waals surface area contributed by atoms with E-state index in [1.165, 1.54) is 12.8 Å². The van der Waals surface area contributed by atoms with Crippen LogP contribution >= 0.6 is 15.9 Å². The minimum absolute atomic E-state index is 0.531. The molecule has 1 N–H and O–H groups in total. The Morgan fingerprint density at radius 3 is 2.71 bits per heavy atom.